The third-order valence-corrected chi connectivity index (χ3v) is 6.36. The Bertz CT molecular complexity index is 621. The van der Waals surface area contributed by atoms with E-state index in [9.17, 15) is 9.59 Å². The molecule has 9 heteroatoms. The number of Topliss-reactive ketones (excluding diaryl/α,β-unsaturated/α-hetero) is 1. The maximum absolute atomic E-state index is 13.2. The maximum atomic E-state index is 13.2. The van der Waals surface area contributed by atoms with Crippen molar-refractivity contribution in [3.05, 3.63) is 5.89 Å². The molecule has 1 heterocycles. The molecule has 0 radical (unpaired) electrons. The molecule has 1 aliphatic rings. The van der Waals surface area contributed by atoms with Gasteiger partial charge in [-0.25, -0.2) is 0 Å². The lowest BCUT2D eigenvalue weighted by atomic mass is 9.99. The van der Waals surface area contributed by atoms with Crippen LogP contribution < -0.4 is 0 Å². The fourth-order valence-corrected chi connectivity index (χ4v) is 4.52. The van der Waals surface area contributed by atoms with Gasteiger partial charge in [0.15, 0.2) is 0 Å². The first-order valence-corrected chi connectivity index (χ1v) is 11.9. The number of rotatable bonds is 13. The highest BCUT2D eigenvalue weighted by molar-refractivity contribution is 7.99. The van der Waals surface area contributed by atoms with Crippen molar-refractivity contribution in [3.63, 3.8) is 0 Å². The molecule has 0 N–H and O–H groups in total. The Balaban J connectivity index is 0.00000450. The molecule has 7 nitrogen and oxygen atoms in total. The van der Waals surface area contributed by atoms with Gasteiger partial charge in [0.25, 0.3) is 11.1 Å². The summed E-state index contributed by atoms with van der Waals surface area (Å²) in [5, 5.41) is 8.46. The van der Waals surface area contributed by atoms with Crippen LogP contribution in [0.25, 0.3) is 0 Å². The van der Waals surface area contributed by atoms with E-state index in [2.05, 4.69) is 22.0 Å². The van der Waals surface area contributed by atoms with Crippen molar-refractivity contribution in [2.75, 3.05) is 26.4 Å². The van der Waals surface area contributed by atoms with Crippen LogP contribution in [0.2, 0.25) is 0 Å². The zero-order valence-electron chi connectivity index (χ0n) is 18.5. The minimum atomic E-state index is -0.511. The van der Waals surface area contributed by atoms with Crippen molar-refractivity contribution in [2.45, 2.75) is 88.4 Å². The topological polar surface area (TPSA) is 79.5 Å². The summed E-state index contributed by atoms with van der Waals surface area (Å²) in [6.07, 6.45) is 10.9. The summed E-state index contributed by atoms with van der Waals surface area (Å²) in [6.45, 7) is 3.08. The molecule has 0 aliphatic heterocycles. The molecule has 1 fully saturated rings. The summed E-state index contributed by atoms with van der Waals surface area (Å²) in [5.41, 5.74) is 0. The summed E-state index contributed by atoms with van der Waals surface area (Å²) in [7, 11) is 4.08. The Morgan fingerprint density at radius 3 is 2.50 bits per heavy atom. The molecule has 0 aromatic carbocycles. The van der Waals surface area contributed by atoms with E-state index in [1.807, 2.05) is 14.1 Å². The lowest BCUT2D eigenvalue weighted by molar-refractivity contribution is -0.122. The number of carbonyl (C=O) groups excluding carboxylic acids is 2. The molecule has 1 amide bonds. The van der Waals surface area contributed by atoms with E-state index in [4.69, 9.17) is 4.42 Å². The molecule has 0 spiro atoms. The van der Waals surface area contributed by atoms with Crippen molar-refractivity contribution < 1.29 is 14.0 Å². The summed E-state index contributed by atoms with van der Waals surface area (Å²) in [5.74, 6) is 0.666. The molecule has 1 aromatic heterocycles. The van der Waals surface area contributed by atoms with E-state index >= 15 is 0 Å². The monoisotopic (exact) mass is 460 g/mol. The van der Waals surface area contributed by atoms with E-state index in [1.165, 1.54) is 24.6 Å². The Hall–Kier alpha value is -1.12. The van der Waals surface area contributed by atoms with Crippen molar-refractivity contribution in [1.29, 1.82) is 0 Å². The van der Waals surface area contributed by atoms with Crippen molar-refractivity contribution >= 4 is 36.4 Å². The number of ketones is 1. The quantitative estimate of drug-likeness (QED) is 0.141. The first kappa shape index (κ1) is 26.9. The SMILES string of the molecule is CCCCC(C(=O)c1nnc(SCCCN(C)C)o1)N(C=O)C1CCCCCC1.Cl. The number of carbonyl (C=O) groups is 2. The summed E-state index contributed by atoms with van der Waals surface area (Å²) in [6, 6.07) is -0.383. The molecule has 1 unspecified atom stereocenters. The van der Waals surface area contributed by atoms with Crippen LogP contribution in [-0.4, -0.2) is 70.7 Å². The second kappa shape index (κ2) is 14.8. The molecule has 0 saturated heterocycles. The molecule has 172 valence electrons. The zero-order chi connectivity index (χ0) is 21.1. The predicted octanol–water partition coefficient (Wildman–Crippen LogP) is 4.46. The Kier molecular flexibility index (Phi) is 13.3. The smallest absolute Gasteiger partial charge is 0.286 e. The number of halogens is 1. The lowest BCUT2D eigenvalue weighted by Crippen LogP contribution is -2.46. The highest BCUT2D eigenvalue weighted by Gasteiger charge is 2.33. The fourth-order valence-electron chi connectivity index (χ4n) is 3.83. The van der Waals surface area contributed by atoms with Gasteiger partial charge in [0.1, 0.15) is 6.04 Å². The molecular weight excluding hydrogens is 424 g/mol. The van der Waals surface area contributed by atoms with Crippen LogP contribution in [-0.2, 0) is 4.79 Å². The normalized spacial score (nSPS) is 16.0. The lowest BCUT2D eigenvalue weighted by Gasteiger charge is -2.33. The number of amides is 1. The number of hydrogen-bond donors (Lipinski definition) is 0. The van der Waals surface area contributed by atoms with E-state index in [0.29, 0.717) is 11.6 Å². The second-order valence-electron chi connectivity index (χ2n) is 8.10. The number of thioether (sulfide) groups is 1. The molecule has 0 bridgehead atoms. The van der Waals surface area contributed by atoms with Gasteiger partial charge in [-0.1, -0.05) is 57.2 Å². The number of aromatic nitrogens is 2. The van der Waals surface area contributed by atoms with Crippen LogP contribution in [0.15, 0.2) is 9.64 Å². The van der Waals surface area contributed by atoms with Crippen LogP contribution in [0.5, 0.6) is 0 Å². The standard InChI is InChI=1S/C21H36N4O3S.ClH/c1-4-5-13-18(25(16-26)17-11-8-6-7-9-12-17)19(27)20-22-23-21(28-20)29-15-10-14-24(2)3;/h16-18H,4-15H2,1-3H3;1H. The molecule has 30 heavy (non-hydrogen) atoms. The molecule has 1 aromatic rings. The minimum absolute atomic E-state index is 0. The Morgan fingerprint density at radius 1 is 1.20 bits per heavy atom. The van der Waals surface area contributed by atoms with Crippen LogP contribution in [0.4, 0.5) is 0 Å². The number of nitrogens with zero attached hydrogens (tertiary/aromatic N) is 4. The van der Waals surface area contributed by atoms with Crippen molar-refractivity contribution in [1.82, 2.24) is 20.0 Å². The summed E-state index contributed by atoms with van der Waals surface area (Å²) >= 11 is 1.47. The largest absolute Gasteiger partial charge is 0.408 e. The molecule has 2 rings (SSSR count). The van der Waals surface area contributed by atoms with Gasteiger partial charge in [-0.15, -0.1) is 22.6 Å². The number of hydrogen-bond acceptors (Lipinski definition) is 7. The first-order chi connectivity index (χ1) is 14.1. The van der Waals surface area contributed by atoms with E-state index < -0.39 is 6.04 Å². The Labute approximate surface area is 191 Å². The van der Waals surface area contributed by atoms with Gasteiger partial charge in [0.2, 0.25) is 12.2 Å². The fraction of sp³-hybridized carbons (Fsp3) is 0.810. The molecule has 1 atom stereocenters. The van der Waals surface area contributed by atoms with Crippen LogP contribution in [0.3, 0.4) is 0 Å². The highest BCUT2D eigenvalue weighted by Crippen LogP contribution is 2.26. The minimum Gasteiger partial charge on any atom is -0.408 e. The summed E-state index contributed by atoms with van der Waals surface area (Å²) < 4.78 is 5.66. The van der Waals surface area contributed by atoms with Gasteiger partial charge < -0.3 is 14.2 Å². The molecule has 1 saturated carbocycles. The average molecular weight is 461 g/mol. The zero-order valence-corrected chi connectivity index (χ0v) is 20.2. The van der Waals surface area contributed by atoms with Gasteiger partial charge in [-0.05, 0) is 46.3 Å². The molecular formula is C21H37ClN4O3S. The van der Waals surface area contributed by atoms with Gasteiger partial charge in [0.05, 0.1) is 0 Å². The summed E-state index contributed by atoms with van der Waals surface area (Å²) in [4.78, 5) is 29.1. The second-order valence-corrected chi connectivity index (χ2v) is 9.14. The van der Waals surface area contributed by atoms with Gasteiger partial charge in [-0.3, -0.25) is 9.59 Å². The van der Waals surface area contributed by atoms with Crippen molar-refractivity contribution in [2.24, 2.45) is 0 Å². The first-order valence-electron chi connectivity index (χ1n) is 10.9. The average Bonchev–Trinajstić information content (AvgIpc) is 3.02. The van der Waals surface area contributed by atoms with Crippen LogP contribution in [0.1, 0.15) is 81.8 Å². The van der Waals surface area contributed by atoms with Crippen molar-refractivity contribution in [3.8, 4) is 0 Å². The van der Waals surface area contributed by atoms with Gasteiger partial charge in [0, 0.05) is 11.8 Å². The van der Waals surface area contributed by atoms with Gasteiger partial charge >= 0.3 is 0 Å². The number of unbranched alkanes of at least 4 members (excludes halogenated alkanes) is 1. The highest BCUT2D eigenvalue weighted by atomic mass is 35.5. The van der Waals surface area contributed by atoms with E-state index in [1.54, 1.807) is 4.90 Å². The van der Waals surface area contributed by atoms with Gasteiger partial charge in [-0.2, -0.15) is 0 Å². The van der Waals surface area contributed by atoms with Crippen LogP contribution >= 0.6 is 24.2 Å². The van der Waals surface area contributed by atoms with Crippen LogP contribution in [0, 0.1) is 0 Å². The predicted molar refractivity (Wildman–Crippen MR) is 122 cm³/mol. The third kappa shape index (κ3) is 8.55. The molecule has 1 aliphatic carbocycles. The van der Waals surface area contributed by atoms with E-state index in [0.717, 1.165) is 63.7 Å². The third-order valence-electron chi connectivity index (χ3n) is 5.45. The Morgan fingerprint density at radius 2 is 1.90 bits per heavy atom. The maximum Gasteiger partial charge on any atom is 0.286 e. The van der Waals surface area contributed by atoms with E-state index in [-0.39, 0.29) is 30.1 Å².